The number of hydrogen-bond acceptors (Lipinski definition) is 2. The third-order valence-corrected chi connectivity index (χ3v) is 1.89. The minimum Gasteiger partial charge on any atom is -0.376 e. The molecular formula is C8H9NO2. The first-order valence-electron chi connectivity index (χ1n) is 3.64. The van der Waals surface area contributed by atoms with Gasteiger partial charge in [-0.05, 0) is 11.6 Å². The fourth-order valence-corrected chi connectivity index (χ4v) is 1.34. The third-order valence-electron chi connectivity index (χ3n) is 1.89. The average Bonchev–Trinajstić information content (AvgIpc) is 2.46. The topological polar surface area (TPSA) is 42.1 Å². The Kier molecular flexibility index (Phi) is 1.51. The van der Waals surface area contributed by atoms with Gasteiger partial charge in [-0.3, -0.25) is 4.79 Å². The zero-order valence-electron chi connectivity index (χ0n) is 6.09. The Morgan fingerprint density at radius 1 is 1.64 bits per heavy atom. The smallest absolute Gasteiger partial charge is 0.166 e. The molecule has 2 heterocycles. The van der Waals surface area contributed by atoms with E-state index in [-0.39, 0.29) is 0 Å². The highest BCUT2D eigenvalue weighted by molar-refractivity contribution is 5.72. The summed E-state index contributed by atoms with van der Waals surface area (Å²) in [4.78, 5) is 13.4. The summed E-state index contributed by atoms with van der Waals surface area (Å²) in [6, 6.07) is 1.85. The highest BCUT2D eigenvalue weighted by Gasteiger charge is 2.11. The molecule has 1 aromatic heterocycles. The lowest BCUT2D eigenvalue weighted by atomic mass is 10.2. The van der Waals surface area contributed by atoms with Crippen molar-refractivity contribution in [3.63, 3.8) is 0 Å². The van der Waals surface area contributed by atoms with Crippen molar-refractivity contribution in [1.82, 2.24) is 4.98 Å². The molecule has 0 aliphatic carbocycles. The van der Waals surface area contributed by atoms with Crippen LogP contribution in [0.4, 0.5) is 0 Å². The quantitative estimate of drug-likeness (QED) is 0.606. The Bertz CT molecular complexity index is 254. The lowest BCUT2D eigenvalue weighted by molar-refractivity contribution is 0.110. The lowest BCUT2D eigenvalue weighted by Gasteiger charge is -2.10. The minimum absolute atomic E-state index is 0.639. The van der Waals surface area contributed by atoms with Crippen molar-refractivity contribution in [2.24, 2.45) is 0 Å². The number of aromatic nitrogens is 1. The van der Waals surface area contributed by atoms with Crippen LogP contribution in [-0.2, 0) is 17.8 Å². The Morgan fingerprint density at radius 2 is 2.55 bits per heavy atom. The Hall–Kier alpha value is -1.09. The molecule has 3 heteroatoms. The highest BCUT2D eigenvalue weighted by atomic mass is 16.5. The fraction of sp³-hybridized carbons (Fsp3) is 0.375. The highest BCUT2D eigenvalue weighted by Crippen LogP contribution is 2.16. The summed E-state index contributed by atoms with van der Waals surface area (Å²) < 4.78 is 5.22. The SMILES string of the molecule is O=Cc1cc2c([nH]1)CCOC2. The number of H-pyrrole nitrogens is 1. The number of fused-ring (bicyclic) bond motifs is 1. The van der Waals surface area contributed by atoms with Gasteiger partial charge >= 0.3 is 0 Å². The molecule has 1 aromatic rings. The maximum atomic E-state index is 10.4. The number of rotatable bonds is 1. The van der Waals surface area contributed by atoms with Gasteiger partial charge in [-0.1, -0.05) is 0 Å². The molecule has 0 spiro atoms. The molecule has 0 saturated carbocycles. The van der Waals surface area contributed by atoms with Crippen LogP contribution in [-0.4, -0.2) is 17.9 Å². The van der Waals surface area contributed by atoms with Gasteiger partial charge in [-0.15, -0.1) is 0 Å². The summed E-state index contributed by atoms with van der Waals surface area (Å²) in [5, 5.41) is 0. The van der Waals surface area contributed by atoms with Crippen LogP contribution < -0.4 is 0 Å². The Morgan fingerprint density at radius 3 is 3.27 bits per heavy atom. The lowest BCUT2D eigenvalue weighted by Crippen LogP contribution is -2.07. The van der Waals surface area contributed by atoms with Crippen LogP contribution in [0.1, 0.15) is 21.7 Å². The number of ether oxygens (including phenoxy) is 1. The summed E-state index contributed by atoms with van der Waals surface area (Å²) in [7, 11) is 0. The largest absolute Gasteiger partial charge is 0.376 e. The number of hydrogen-bond donors (Lipinski definition) is 1. The molecule has 3 nitrogen and oxygen atoms in total. The molecule has 0 saturated heterocycles. The van der Waals surface area contributed by atoms with E-state index in [0.717, 1.165) is 30.6 Å². The zero-order valence-corrected chi connectivity index (χ0v) is 6.09. The second-order valence-electron chi connectivity index (χ2n) is 2.65. The number of carbonyl (C=O) groups excluding carboxylic acids is 1. The van der Waals surface area contributed by atoms with Crippen molar-refractivity contribution in [1.29, 1.82) is 0 Å². The second-order valence-corrected chi connectivity index (χ2v) is 2.65. The third kappa shape index (κ3) is 1.07. The van der Waals surface area contributed by atoms with E-state index in [0.29, 0.717) is 12.3 Å². The van der Waals surface area contributed by atoms with Crippen LogP contribution in [0.3, 0.4) is 0 Å². The van der Waals surface area contributed by atoms with Gasteiger partial charge in [0.15, 0.2) is 6.29 Å². The van der Waals surface area contributed by atoms with Crippen molar-refractivity contribution in [3.05, 3.63) is 23.0 Å². The van der Waals surface area contributed by atoms with Gasteiger partial charge in [0, 0.05) is 12.1 Å². The van der Waals surface area contributed by atoms with Gasteiger partial charge < -0.3 is 9.72 Å². The van der Waals surface area contributed by atoms with Crippen LogP contribution in [0.2, 0.25) is 0 Å². The Balaban J connectivity index is 2.39. The molecule has 0 radical (unpaired) electrons. The number of aromatic amines is 1. The molecule has 0 amide bonds. The maximum absolute atomic E-state index is 10.4. The molecule has 0 aromatic carbocycles. The minimum atomic E-state index is 0.639. The number of aldehydes is 1. The summed E-state index contributed by atoms with van der Waals surface area (Å²) in [6.45, 7) is 1.39. The fourth-order valence-electron chi connectivity index (χ4n) is 1.34. The molecule has 1 N–H and O–H groups in total. The van der Waals surface area contributed by atoms with Crippen molar-refractivity contribution < 1.29 is 9.53 Å². The Labute approximate surface area is 64.4 Å². The van der Waals surface area contributed by atoms with Gasteiger partial charge in [0.1, 0.15) is 0 Å². The molecule has 1 aliphatic rings. The van der Waals surface area contributed by atoms with Crippen LogP contribution in [0, 0.1) is 0 Å². The van der Waals surface area contributed by atoms with E-state index in [9.17, 15) is 4.79 Å². The molecule has 58 valence electrons. The summed E-state index contributed by atoms with van der Waals surface area (Å²) in [5.41, 5.74) is 2.93. The molecule has 0 bridgehead atoms. The van der Waals surface area contributed by atoms with Gasteiger partial charge in [0.05, 0.1) is 18.9 Å². The van der Waals surface area contributed by atoms with Crippen LogP contribution in [0.25, 0.3) is 0 Å². The van der Waals surface area contributed by atoms with Gasteiger partial charge in [-0.2, -0.15) is 0 Å². The van der Waals surface area contributed by atoms with Crippen molar-refractivity contribution in [2.75, 3.05) is 6.61 Å². The van der Waals surface area contributed by atoms with Crippen LogP contribution in [0.15, 0.2) is 6.07 Å². The molecular weight excluding hydrogens is 142 g/mol. The second kappa shape index (κ2) is 2.51. The van der Waals surface area contributed by atoms with E-state index in [1.54, 1.807) is 0 Å². The van der Waals surface area contributed by atoms with E-state index in [1.165, 1.54) is 0 Å². The first-order valence-corrected chi connectivity index (χ1v) is 3.64. The monoisotopic (exact) mass is 151 g/mol. The first kappa shape index (κ1) is 6.61. The van der Waals surface area contributed by atoms with Crippen LogP contribution >= 0.6 is 0 Å². The van der Waals surface area contributed by atoms with E-state index >= 15 is 0 Å². The van der Waals surface area contributed by atoms with Crippen molar-refractivity contribution in [3.8, 4) is 0 Å². The van der Waals surface area contributed by atoms with Gasteiger partial charge in [0.2, 0.25) is 0 Å². The van der Waals surface area contributed by atoms with Crippen LogP contribution in [0.5, 0.6) is 0 Å². The van der Waals surface area contributed by atoms with E-state index in [1.807, 2.05) is 6.07 Å². The standard InChI is InChI=1S/C8H9NO2/c10-4-7-3-6-5-11-2-1-8(6)9-7/h3-4,9H,1-2,5H2. The molecule has 0 fully saturated rings. The summed E-state index contributed by atoms with van der Waals surface area (Å²) in [6.07, 6.45) is 1.72. The van der Waals surface area contributed by atoms with E-state index < -0.39 is 0 Å². The molecule has 11 heavy (non-hydrogen) atoms. The van der Waals surface area contributed by atoms with E-state index in [2.05, 4.69) is 4.98 Å². The van der Waals surface area contributed by atoms with Gasteiger partial charge in [-0.25, -0.2) is 0 Å². The zero-order chi connectivity index (χ0) is 7.68. The van der Waals surface area contributed by atoms with Crippen molar-refractivity contribution in [2.45, 2.75) is 13.0 Å². The average molecular weight is 151 g/mol. The predicted octanol–water partition coefficient (Wildman–Crippen LogP) is 0.900. The van der Waals surface area contributed by atoms with Gasteiger partial charge in [0.25, 0.3) is 0 Å². The summed E-state index contributed by atoms with van der Waals surface area (Å²) in [5.74, 6) is 0. The van der Waals surface area contributed by atoms with E-state index in [4.69, 9.17) is 4.74 Å². The molecule has 1 aliphatic heterocycles. The number of carbonyl (C=O) groups is 1. The predicted molar refractivity (Wildman–Crippen MR) is 39.5 cm³/mol. The molecule has 0 unspecified atom stereocenters. The summed E-state index contributed by atoms with van der Waals surface area (Å²) >= 11 is 0. The van der Waals surface area contributed by atoms with Crippen molar-refractivity contribution >= 4 is 6.29 Å². The first-order chi connectivity index (χ1) is 5.40. The molecule has 2 rings (SSSR count). The maximum Gasteiger partial charge on any atom is 0.166 e. The molecule has 0 atom stereocenters. The normalized spacial score (nSPS) is 16.0. The number of nitrogens with one attached hydrogen (secondary N) is 1.